The van der Waals surface area contributed by atoms with Crippen LogP contribution in [0.1, 0.15) is 31.9 Å². The third-order valence-electron chi connectivity index (χ3n) is 6.96. The molecule has 6 nitrogen and oxygen atoms in total. The first-order valence-electron chi connectivity index (χ1n) is 12.7. The zero-order chi connectivity index (χ0) is 26.0. The van der Waals surface area contributed by atoms with Gasteiger partial charge in [0.05, 0.1) is 9.60 Å². The zero-order valence-corrected chi connectivity index (χ0v) is 23.3. The van der Waals surface area contributed by atoms with Crippen LogP contribution in [0, 0.1) is 0 Å². The summed E-state index contributed by atoms with van der Waals surface area (Å²) in [6.45, 7) is 11.2. The van der Waals surface area contributed by atoms with E-state index in [0.717, 1.165) is 56.1 Å². The van der Waals surface area contributed by atoms with Gasteiger partial charge in [0.2, 0.25) is 0 Å². The molecule has 8 heteroatoms. The van der Waals surface area contributed by atoms with E-state index in [1.54, 1.807) is 23.7 Å². The van der Waals surface area contributed by atoms with Gasteiger partial charge >= 0.3 is 0 Å². The smallest absolute Gasteiger partial charge is 0.261 e. The summed E-state index contributed by atoms with van der Waals surface area (Å²) in [5.41, 5.74) is 2.80. The molecule has 4 aromatic rings. The molecule has 1 aromatic heterocycles. The molecule has 2 heterocycles. The van der Waals surface area contributed by atoms with Crippen LogP contribution in [0.3, 0.4) is 0 Å². The topological polar surface area (TPSA) is 65.5 Å². The van der Waals surface area contributed by atoms with Crippen molar-refractivity contribution in [1.29, 1.82) is 0 Å². The predicted molar refractivity (Wildman–Crippen MR) is 154 cm³/mol. The summed E-state index contributed by atoms with van der Waals surface area (Å²) >= 11 is 1.57. The Bertz CT molecular complexity index is 1470. The molecule has 1 aliphatic heterocycles. The van der Waals surface area contributed by atoms with E-state index in [2.05, 4.69) is 65.6 Å². The van der Waals surface area contributed by atoms with Gasteiger partial charge in [0.1, 0.15) is 5.82 Å². The Balaban J connectivity index is 1.16. The van der Waals surface area contributed by atoms with Gasteiger partial charge in [-0.05, 0) is 70.9 Å². The largest absolute Gasteiger partial charge is 0.353 e. The van der Waals surface area contributed by atoms with Crippen molar-refractivity contribution in [2.45, 2.75) is 37.5 Å². The lowest BCUT2D eigenvalue weighted by molar-refractivity contribution is 0.261. The fourth-order valence-corrected chi connectivity index (χ4v) is 6.55. The van der Waals surface area contributed by atoms with Gasteiger partial charge in [-0.1, -0.05) is 57.2 Å². The van der Waals surface area contributed by atoms with Crippen LogP contribution in [0.5, 0.6) is 0 Å². The number of rotatable bonds is 7. The van der Waals surface area contributed by atoms with Crippen molar-refractivity contribution in [2.75, 3.05) is 42.3 Å². The molecule has 0 unspecified atom stereocenters. The molecule has 0 saturated carbocycles. The standard InChI is InChI=1S/C29H34N4O2S2/c1-29(2,3)23-11-13-25(14-12-23)37(34,35)31-24-8-6-7-22(21-24)15-16-32-17-19-33(20-18-32)28-26-9-4-5-10-27(26)36-30-28/h4-14,21,31H,15-20H2,1-3H3. The lowest BCUT2D eigenvalue weighted by atomic mass is 9.87. The van der Waals surface area contributed by atoms with E-state index in [4.69, 9.17) is 4.37 Å². The molecule has 1 aliphatic rings. The van der Waals surface area contributed by atoms with Crippen LogP contribution >= 0.6 is 11.5 Å². The first-order valence-corrected chi connectivity index (χ1v) is 15.0. The van der Waals surface area contributed by atoms with Crippen LogP contribution in [-0.2, 0) is 21.9 Å². The molecule has 3 aromatic carbocycles. The Morgan fingerprint density at radius 2 is 1.65 bits per heavy atom. The second kappa shape index (κ2) is 10.4. The maximum atomic E-state index is 13.0. The predicted octanol–water partition coefficient (Wildman–Crippen LogP) is 5.76. The minimum Gasteiger partial charge on any atom is -0.353 e. The maximum Gasteiger partial charge on any atom is 0.261 e. The van der Waals surface area contributed by atoms with Crippen LogP contribution in [-0.4, -0.2) is 50.4 Å². The Kier molecular flexibility index (Phi) is 7.25. The molecule has 1 N–H and O–H groups in total. The summed E-state index contributed by atoms with van der Waals surface area (Å²) in [7, 11) is -3.64. The molecule has 0 aliphatic carbocycles. The van der Waals surface area contributed by atoms with Crippen molar-refractivity contribution < 1.29 is 8.42 Å². The lowest BCUT2D eigenvalue weighted by Crippen LogP contribution is -2.47. The van der Waals surface area contributed by atoms with Gasteiger partial charge in [-0.2, -0.15) is 4.37 Å². The molecule has 0 atom stereocenters. The number of nitrogens with zero attached hydrogens (tertiary/aromatic N) is 3. The van der Waals surface area contributed by atoms with Crippen LogP contribution in [0.4, 0.5) is 11.5 Å². The maximum absolute atomic E-state index is 13.0. The molecule has 0 spiro atoms. The van der Waals surface area contributed by atoms with E-state index in [1.807, 2.05) is 30.3 Å². The summed E-state index contributed by atoms with van der Waals surface area (Å²) < 4.78 is 34.6. The van der Waals surface area contributed by atoms with E-state index in [9.17, 15) is 8.42 Å². The molecule has 1 saturated heterocycles. The molecule has 5 rings (SSSR count). The van der Waals surface area contributed by atoms with Crippen molar-refractivity contribution in [2.24, 2.45) is 0 Å². The van der Waals surface area contributed by atoms with Gasteiger partial charge in [0, 0.05) is 43.8 Å². The number of anilines is 2. The second-order valence-corrected chi connectivity index (χ2v) is 13.1. The molecule has 0 bridgehead atoms. The van der Waals surface area contributed by atoms with Crippen LogP contribution in [0.25, 0.3) is 10.1 Å². The molecular weight excluding hydrogens is 500 g/mol. The Morgan fingerprint density at radius 1 is 0.919 bits per heavy atom. The first kappa shape index (κ1) is 25.7. The Hall–Kier alpha value is -2.94. The van der Waals surface area contributed by atoms with Gasteiger partial charge in [-0.3, -0.25) is 9.62 Å². The van der Waals surface area contributed by atoms with Crippen molar-refractivity contribution in [3.05, 3.63) is 83.9 Å². The number of aromatic nitrogens is 1. The zero-order valence-electron chi connectivity index (χ0n) is 21.6. The van der Waals surface area contributed by atoms with Gasteiger partial charge in [0.15, 0.2) is 0 Å². The van der Waals surface area contributed by atoms with E-state index >= 15 is 0 Å². The van der Waals surface area contributed by atoms with Crippen LogP contribution in [0.2, 0.25) is 0 Å². The van der Waals surface area contributed by atoms with E-state index in [-0.39, 0.29) is 10.3 Å². The fourth-order valence-electron chi connectivity index (χ4n) is 4.71. The molecule has 194 valence electrons. The van der Waals surface area contributed by atoms with Gasteiger partial charge in [-0.25, -0.2) is 8.42 Å². The highest BCUT2D eigenvalue weighted by Crippen LogP contribution is 2.30. The summed E-state index contributed by atoms with van der Waals surface area (Å²) in [5, 5.41) is 1.24. The SMILES string of the molecule is CC(C)(C)c1ccc(S(=O)(=O)Nc2cccc(CCN3CCN(c4nsc5ccccc45)CC3)c2)cc1. The third kappa shape index (κ3) is 5.98. The number of benzene rings is 3. The molecule has 37 heavy (non-hydrogen) atoms. The van der Waals surface area contributed by atoms with Crippen molar-refractivity contribution in [3.63, 3.8) is 0 Å². The molecule has 0 radical (unpaired) electrons. The fraction of sp³-hybridized carbons (Fsp3) is 0.345. The van der Waals surface area contributed by atoms with E-state index in [0.29, 0.717) is 5.69 Å². The van der Waals surface area contributed by atoms with Gasteiger partial charge in [0.25, 0.3) is 10.0 Å². The molecule has 0 amide bonds. The number of fused-ring (bicyclic) bond motifs is 1. The second-order valence-electron chi connectivity index (χ2n) is 10.7. The van der Waals surface area contributed by atoms with E-state index in [1.165, 1.54) is 10.1 Å². The van der Waals surface area contributed by atoms with Crippen molar-refractivity contribution in [1.82, 2.24) is 9.27 Å². The average Bonchev–Trinajstić information content (AvgIpc) is 3.32. The van der Waals surface area contributed by atoms with Gasteiger partial charge in [-0.15, -0.1) is 0 Å². The lowest BCUT2D eigenvalue weighted by Gasteiger charge is -2.35. The van der Waals surface area contributed by atoms with Crippen molar-refractivity contribution in [3.8, 4) is 0 Å². The summed E-state index contributed by atoms with van der Waals surface area (Å²) in [4.78, 5) is 5.13. The minimum absolute atomic E-state index is 0.0220. The number of hydrogen-bond acceptors (Lipinski definition) is 6. The van der Waals surface area contributed by atoms with Crippen molar-refractivity contribution >= 4 is 43.1 Å². The number of hydrogen-bond donors (Lipinski definition) is 1. The van der Waals surface area contributed by atoms with E-state index < -0.39 is 10.0 Å². The Morgan fingerprint density at radius 3 is 2.38 bits per heavy atom. The summed E-state index contributed by atoms with van der Waals surface area (Å²) in [6.07, 6.45) is 0.871. The van der Waals surface area contributed by atoms with Gasteiger partial charge < -0.3 is 4.90 Å². The Labute approximate surface area is 224 Å². The van der Waals surface area contributed by atoms with Crippen LogP contribution < -0.4 is 9.62 Å². The summed E-state index contributed by atoms with van der Waals surface area (Å²) in [5.74, 6) is 1.10. The highest BCUT2D eigenvalue weighted by Gasteiger charge is 2.21. The first-order chi connectivity index (χ1) is 17.7. The number of piperazine rings is 1. The normalized spacial score (nSPS) is 15.3. The highest BCUT2D eigenvalue weighted by atomic mass is 32.2. The molecule has 1 fully saturated rings. The molecular formula is C29H34N4O2S2. The van der Waals surface area contributed by atoms with Crippen LogP contribution in [0.15, 0.2) is 77.7 Å². The average molecular weight is 535 g/mol. The third-order valence-corrected chi connectivity index (χ3v) is 9.17. The summed E-state index contributed by atoms with van der Waals surface area (Å²) in [6, 6.07) is 23.3. The quantitative estimate of drug-likeness (QED) is 0.327. The number of sulfonamides is 1. The highest BCUT2D eigenvalue weighted by molar-refractivity contribution is 7.92. The number of nitrogens with one attached hydrogen (secondary N) is 1. The monoisotopic (exact) mass is 534 g/mol. The minimum atomic E-state index is -3.64.